The average Bonchev–Trinajstić information content (AvgIpc) is 3.45. The lowest BCUT2D eigenvalue weighted by atomic mass is 9.47. The molecule has 6 rings (SSSR count). The molecule has 41 heavy (non-hydrogen) atoms. The molecule has 1 spiro atoms. The minimum Gasteiger partial charge on any atom is -0.496 e. The second kappa shape index (κ2) is 9.25. The van der Waals surface area contributed by atoms with Gasteiger partial charge in [-0.25, -0.2) is 13.6 Å². The van der Waals surface area contributed by atoms with E-state index in [1.54, 1.807) is 13.1 Å². The molecule has 2 aromatic rings. The Bertz CT molecular complexity index is 1460. The Morgan fingerprint density at radius 1 is 1.10 bits per heavy atom. The van der Waals surface area contributed by atoms with Crippen molar-refractivity contribution in [2.24, 2.45) is 5.41 Å². The molecule has 1 aliphatic carbocycles. The van der Waals surface area contributed by atoms with Crippen LogP contribution in [0, 0.1) is 17.0 Å². The SMILES string of the molecule is CC[C@]12C=CCN3CC[C@@]4(c5cc(-c6cc(F)cc(F)c6)c(OC)cc5N(C)[C@H]4[C@@](O)(C(=O)OC)[C@@H]1OC(C)=O)[C@@H]32. The Kier molecular flexibility index (Phi) is 6.24. The smallest absolute Gasteiger partial charge is 0.344 e. The molecule has 6 atom stereocenters. The second-order valence-electron chi connectivity index (χ2n) is 11.6. The van der Waals surface area contributed by atoms with Crippen molar-refractivity contribution in [2.75, 3.05) is 39.3 Å². The standard InChI is InChI=1S/C31H34F2N2O6/c1-6-29-8-7-10-35-11-9-30(25(29)35)22-15-21(18-12-19(32)14-20(33)13-18)24(39-4)16-23(22)34(3)26(30)31(38,28(37)40-5)27(29)41-17(2)36/h7-8,12-16,25-27,38H,6,9-11H2,1-5H3/t25-,26+,27+,29+,30+,31-/m0/s1. The molecule has 3 heterocycles. The summed E-state index contributed by atoms with van der Waals surface area (Å²) in [6.45, 7) is 4.55. The summed E-state index contributed by atoms with van der Waals surface area (Å²) in [6.07, 6.45) is 3.80. The minimum atomic E-state index is -2.25. The molecule has 0 radical (unpaired) electrons. The third-order valence-corrected chi connectivity index (χ3v) is 9.90. The topological polar surface area (TPSA) is 88.5 Å². The van der Waals surface area contributed by atoms with Gasteiger partial charge in [0, 0.05) is 60.8 Å². The zero-order chi connectivity index (χ0) is 29.5. The van der Waals surface area contributed by atoms with Crippen molar-refractivity contribution in [2.45, 2.75) is 55.9 Å². The first-order chi connectivity index (χ1) is 19.5. The van der Waals surface area contributed by atoms with Gasteiger partial charge in [-0.2, -0.15) is 0 Å². The first-order valence-corrected chi connectivity index (χ1v) is 13.8. The highest BCUT2D eigenvalue weighted by atomic mass is 19.1. The number of carbonyl (C=O) groups is 2. The van der Waals surface area contributed by atoms with Crippen molar-refractivity contribution in [3.8, 4) is 16.9 Å². The van der Waals surface area contributed by atoms with Crippen LogP contribution >= 0.6 is 0 Å². The Labute approximate surface area is 237 Å². The minimum absolute atomic E-state index is 0.265. The number of hydrogen-bond acceptors (Lipinski definition) is 8. The van der Waals surface area contributed by atoms with E-state index in [4.69, 9.17) is 14.2 Å². The van der Waals surface area contributed by atoms with Gasteiger partial charge in [0.25, 0.3) is 0 Å². The monoisotopic (exact) mass is 568 g/mol. The van der Waals surface area contributed by atoms with E-state index < -0.39 is 52.1 Å². The Morgan fingerprint density at radius 2 is 1.80 bits per heavy atom. The Balaban J connectivity index is 1.69. The van der Waals surface area contributed by atoms with Crippen LogP contribution in [0.25, 0.3) is 11.1 Å². The van der Waals surface area contributed by atoms with E-state index in [1.165, 1.54) is 33.3 Å². The normalized spacial score (nSPS) is 33.2. The molecule has 0 unspecified atom stereocenters. The number of methoxy groups -OCH3 is 2. The van der Waals surface area contributed by atoms with Gasteiger partial charge in [0.15, 0.2) is 6.10 Å². The number of hydrogen-bond donors (Lipinski definition) is 1. The molecule has 0 aromatic heterocycles. The van der Waals surface area contributed by atoms with Crippen LogP contribution in [0.3, 0.4) is 0 Å². The molecular formula is C31H34F2N2O6. The summed E-state index contributed by atoms with van der Waals surface area (Å²) in [6, 6.07) is 5.84. The number of carbonyl (C=O) groups excluding carboxylic acids is 2. The van der Waals surface area contributed by atoms with E-state index >= 15 is 0 Å². The van der Waals surface area contributed by atoms with Crippen LogP contribution in [0.1, 0.15) is 32.3 Å². The number of esters is 2. The summed E-state index contributed by atoms with van der Waals surface area (Å²) in [5.74, 6) is -2.56. The number of rotatable bonds is 5. The maximum absolute atomic E-state index is 14.4. The van der Waals surface area contributed by atoms with Crippen LogP contribution in [-0.2, 0) is 24.5 Å². The number of aliphatic hydroxyl groups is 1. The van der Waals surface area contributed by atoms with Crippen molar-refractivity contribution in [1.29, 1.82) is 0 Å². The summed E-state index contributed by atoms with van der Waals surface area (Å²) in [7, 11) is 4.48. The number of anilines is 1. The van der Waals surface area contributed by atoms with Gasteiger partial charge in [-0.15, -0.1) is 0 Å². The zero-order valence-electron chi connectivity index (χ0n) is 23.7. The molecule has 4 aliphatic rings. The van der Waals surface area contributed by atoms with Crippen molar-refractivity contribution < 1.29 is 37.7 Å². The molecular weight excluding hydrogens is 534 g/mol. The molecule has 0 bridgehead atoms. The molecule has 218 valence electrons. The van der Waals surface area contributed by atoms with Gasteiger partial charge in [-0.3, -0.25) is 9.69 Å². The van der Waals surface area contributed by atoms with Crippen LogP contribution in [-0.4, -0.2) is 80.1 Å². The highest BCUT2D eigenvalue weighted by molar-refractivity contribution is 5.88. The fraction of sp³-hybridized carbons (Fsp3) is 0.484. The molecule has 1 saturated carbocycles. The maximum atomic E-state index is 14.4. The number of fused-ring (bicyclic) bond motifs is 1. The number of ether oxygens (including phenoxy) is 3. The van der Waals surface area contributed by atoms with E-state index in [1.807, 2.05) is 30.0 Å². The van der Waals surface area contributed by atoms with E-state index in [0.29, 0.717) is 48.5 Å². The molecule has 1 N–H and O–H groups in total. The summed E-state index contributed by atoms with van der Waals surface area (Å²) >= 11 is 0. The van der Waals surface area contributed by atoms with Crippen LogP contribution in [0.5, 0.6) is 5.75 Å². The molecule has 10 heteroatoms. The van der Waals surface area contributed by atoms with Gasteiger partial charge >= 0.3 is 11.9 Å². The lowest BCUT2D eigenvalue weighted by molar-refractivity contribution is -0.228. The summed E-state index contributed by atoms with van der Waals surface area (Å²) in [5.41, 5.74) is -1.69. The number of benzene rings is 2. The van der Waals surface area contributed by atoms with E-state index in [0.717, 1.165) is 11.6 Å². The highest BCUT2D eigenvalue weighted by Gasteiger charge is 2.80. The van der Waals surface area contributed by atoms with Gasteiger partial charge in [0.05, 0.1) is 20.3 Å². The van der Waals surface area contributed by atoms with Gasteiger partial charge in [-0.05, 0) is 48.7 Å². The summed E-state index contributed by atoms with van der Waals surface area (Å²) < 4.78 is 45.6. The highest BCUT2D eigenvalue weighted by Crippen LogP contribution is 2.67. The van der Waals surface area contributed by atoms with Gasteiger partial charge in [0.1, 0.15) is 17.4 Å². The van der Waals surface area contributed by atoms with Crippen molar-refractivity contribution in [3.63, 3.8) is 0 Å². The van der Waals surface area contributed by atoms with E-state index in [2.05, 4.69) is 4.90 Å². The zero-order valence-corrected chi connectivity index (χ0v) is 23.7. The van der Waals surface area contributed by atoms with Crippen molar-refractivity contribution in [1.82, 2.24) is 4.90 Å². The molecule has 1 saturated heterocycles. The molecule has 3 aliphatic heterocycles. The predicted molar refractivity (Wildman–Crippen MR) is 147 cm³/mol. The quantitative estimate of drug-likeness (QED) is 0.433. The number of halogens is 2. The fourth-order valence-corrected chi connectivity index (χ4v) is 8.69. The van der Waals surface area contributed by atoms with Gasteiger partial charge in [-0.1, -0.05) is 19.1 Å². The van der Waals surface area contributed by atoms with Crippen molar-refractivity contribution >= 4 is 17.6 Å². The third-order valence-electron chi connectivity index (χ3n) is 9.90. The molecule has 8 nitrogen and oxygen atoms in total. The first kappa shape index (κ1) is 27.7. The van der Waals surface area contributed by atoms with E-state index in [9.17, 15) is 23.5 Å². The Morgan fingerprint density at radius 3 is 2.41 bits per heavy atom. The Hall–Kier alpha value is -3.50. The largest absolute Gasteiger partial charge is 0.496 e. The average molecular weight is 569 g/mol. The number of likely N-dealkylation sites (N-methyl/N-ethyl adjacent to an activating group) is 1. The van der Waals surface area contributed by atoms with E-state index in [-0.39, 0.29) is 6.04 Å². The predicted octanol–water partition coefficient (Wildman–Crippen LogP) is 3.59. The summed E-state index contributed by atoms with van der Waals surface area (Å²) in [5, 5.41) is 12.7. The van der Waals surface area contributed by atoms with Crippen LogP contribution in [0.2, 0.25) is 0 Å². The van der Waals surface area contributed by atoms with Crippen LogP contribution in [0.4, 0.5) is 14.5 Å². The van der Waals surface area contributed by atoms with Crippen LogP contribution < -0.4 is 9.64 Å². The lowest BCUT2D eigenvalue weighted by Crippen LogP contribution is -2.81. The number of nitrogens with zero attached hydrogens (tertiary/aromatic N) is 2. The summed E-state index contributed by atoms with van der Waals surface area (Å²) in [4.78, 5) is 30.5. The first-order valence-electron chi connectivity index (χ1n) is 13.8. The van der Waals surface area contributed by atoms with Gasteiger partial charge < -0.3 is 24.2 Å². The molecule has 0 amide bonds. The van der Waals surface area contributed by atoms with Gasteiger partial charge in [0.2, 0.25) is 5.60 Å². The second-order valence-corrected chi connectivity index (χ2v) is 11.6. The lowest BCUT2D eigenvalue weighted by Gasteiger charge is -2.63. The van der Waals surface area contributed by atoms with Crippen LogP contribution in [0.15, 0.2) is 42.5 Å². The van der Waals surface area contributed by atoms with Crippen molar-refractivity contribution in [3.05, 3.63) is 59.7 Å². The fourth-order valence-electron chi connectivity index (χ4n) is 8.69. The third kappa shape index (κ3) is 3.43. The molecule has 2 aromatic carbocycles. The molecule has 2 fully saturated rings. The maximum Gasteiger partial charge on any atom is 0.344 e.